The van der Waals surface area contributed by atoms with E-state index in [1.807, 2.05) is 12.1 Å². The fraction of sp³-hybridized carbons (Fsp3) is 0.154. The minimum absolute atomic E-state index is 0.0734. The van der Waals surface area contributed by atoms with Gasteiger partial charge in [-0.05, 0) is 30.3 Å². The van der Waals surface area contributed by atoms with Crippen LogP contribution in [0, 0.1) is 0 Å². The van der Waals surface area contributed by atoms with Crippen LogP contribution in [0.1, 0.15) is 5.76 Å². The van der Waals surface area contributed by atoms with Crippen LogP contribution in [-0.2, 0) is 11.3 Å². The second-order valence-electron chi connectivity index (χ2n) is 3.83. The van der Waals surface area contributed by atoms with Crippen LogP contribution in [0.2, 0.25) is 5.02 Å². The number of nitrogens with one attached hydrogen (secondary N) is 1. The lowest BCUT2D eigenvalue weighted by atomic mass is 10.3. The molecule has 19 heavy (non-hydrogen) atoms. The molecule has 1 aromatic carbocycles. The van der Waals surface area contributed by atoms with E-state index in [1.165, 1.54) is 11.8 Å². The lowest BCUT2D eigenvalue weighted by Gasteiger charge is -2.06. The Bertz CT molecular complexity index is 558. The van der Waals surface area contributed by atoms with Crippen molar-refractivity contribution in [3.63, 3.8) is 0 Å². The van der Waals surface area contributed by atoms with Gasteiger partial charge in [-0.3, -0.25) is 4.79 Å². The van der Waals surface area contributed by atoms with Gasteiger partial charge in [-0.2, -0.15) is 0 Å². The van der Waals surface area contributed by atoms with Crippen LogP contribution in [0.4, 0.5) is 5.69 Å². The smallest absolute Gasteiger partial charge is 0.230 e. The van der Waals surface area contributed by atoms with Crippen molar-refractivity contribution in [2.45, 2.75) is 11.4 Å². The predicted octanol–water partition coefficient (Wildman–Crippen LogP) is 2.92. The number of anilines is 1. The SMILES string of the molecule is Nc1cc(Cl)ccc1SCC(=O)NCc1ccco1. The van der Waals surface area contributed by atoms with Crippen LogP contribution < -0.4 is 11.1 Å². The van der Waals surface area contributed by atoms with Gasteiger partial charge in [0.2, 0.25) is 5.91 Å². The number of carbonyl (C=O) groups is 1. The van der Waals surface area contributed by atoms with Crippen molar-refractivity contribution in [3.05, 3.63) is 47.4 Å². The molecule has 2 aromatic rings. The number of furan rings is 1. The van der Waals surface area contributed by atoms with Crippen molar-refractivity contribution < 1.29 is 9.21 Å². The lowest BCUT2D eigenvalue weighted by Crippen LogP contribution is -2.24. The Hall–Kier alpha value is -1.59. The minimum atomic E-state index is -0.0734. The molecule has 0 unspecified atom stereocenters. The molecule has 0 fully saturated rings. The summed E-state index contributed by atoms with van der Waals surface area (Å²) in [6, 6.07) is 8.82. The van der Waals surface area contributed by atoms with Gasteiger partial charge in [0.05, 0.1) is 18.6 Å². The molecule has 0 saturated heterocycles. The summed E-state index contributed by atoms with van der Waals surface area (Å²) in [5, 5.41) is 3.35. The van der Waals surface area contributed by atoms with Gasteiger partial charge in [0.25, 0.3) is 0 Å². The van der Waals surface area contributed by atoms with Crippen LogP contribution in [0.25, 0.3) is 0 Å². The summed E-state index contributed by atoms with van der Waals surface area (Å²) in [6.07, 6.45) is 1.57. The molecule has 1 heterocycles. The van der Waals surface area contributed by atoms with E-state index in [0.717, 1.165) is 10.7 Å². The van der Waals surface area contributed by atoms with Crippen LogP contribution in [-0.4, -0.2) is 11.7 Å². The Morgan fingerprint density at radius 3 is 2.95 bits per heavy atom. The number of rotatable bonds is 5. The highest BCUT2D eigenvalue weighted by molar-refractivity contribution is 8.00. The molecule has 1 amide bonds. The van der Waals surface area contributed by atoms with Gasteiger partial charge in [0.15, 0.2) is 0 Å². The molecule has 0 aliphatic heterocycles. The third kappa shape index (κ3) is 4.22. The molecule has 4 nitrogen and oxygen atoms in total. The predicted molar refractivity (Wildman–Crippen MR) is 77.1 cm³/mol. The summed E-state index contributed by atoms with van der Waals surface area (Å²) in [5.74, 6) is 0.951. The molecule has 0 aliphatic rings. The molecule has 0 spiro atoms. The third-order valence-corrected chi connectivity index (χ3v) is 3.69. The second kappa shape index (κ2) is 6.54. The first-order valence-electron chi connectivity index (χ1n) is 5.62. The maximum atomic E-state index is 11.6. The van der Waals surface area contributed by atoms with Crippen molar-refractivity contribution in [1.29, 1.82) is 0 Å². The molecule has 0 aliphatic carbocycles. The van der Waals surface area contributed by atoms with Crippen LogP contribution in [0.5, 0.6) is 0 Å². The van der Waals surface area contributed by atoms with Gasteiger partial charge >= 0.3 is 0 Å². The number of amides is 1. The van der Waals surface area contributed by atoms with E-state index in [2.05, 4.69) is 5.32 Å². The highest BCUT2D eigenvalue weighted by Crippen LogP contribution is 2.27. The van der Waals surface area contributed by atoms with Crippen molar-refractivity contribution in [3.8, 4) is 0 Å². The Morgan fingerprint density at radius 2 is 2.26 bits per heavy atom. The number of nitrogens with two attached hydrogens (primary N) is 1. The molecule has 0 bridgehead atoms. The highest BCUT2D eigenvalue weighted by atomic mass is 35.5. The van der Waals surface area contributed by atoms with Crippen molar-refractivity contribution in [1.82, 2.24) is 5.32 Å². The molecule has 0 saturated carbocycles. The van der Waals surface area contributed by atoms with Crippen molar-refractivity contribution in [2.75, 3.05) is 11.5 Å². The van der Waals surface area contributed by atoms with E-state index < -0.39 is 0 Å². The molecular weight excluding hydrogens is 284 g/mol. The first-order valence-corrected chi connectivity index (χ1v) is 6.98. The molecular formula is C13H13ClN2O2S. The quantitative estimate of drug-likeness (QED) is 0.657. The molecule has 6 heteroatoms. The van der Waals surface area contributed by atoms with Crippen molar-refractivity contribution >= 4 is 35.0 Å². The number of hydrogen-bond donors (Lipinski definition) is 2. The Labute approximate surface area is 120 Å². The summed E-state index contributed by atoms with van der Waals surface area (Å²) >= 11 is 7.18. The molecule has 0 atom stereocenters. The number of hydrogen-bond acceptors (Lipinski definition) is 4. The first-order chi connectivity index (χ1) is 9.15. The number of thioether (sulfide) groups is 1. The van der Waals surface area contributed by atoms with Crippen LogP contribution in [0.15, 0.2) is 45.9 Å². The van der Waals surface area contributed by atoms with E-state index in [1.54, 1.807) is 24.5 Å². The molecule has 3 N–H and O–H groups in total. The summed E-state index contributed by atoms with van der Waals surface area (Å²) < 4.78 is 5.12. The van der Waals surface area contributed by atoms with Crippen molar-refractivity contribution in [2.24, 2.45) is 0 Å². The van der Waals surface area contributed by atoms with E-state index in [9.17, 15) is 4.79 Å². The number of benzene rings is 1. The number of nitrogen functional groups attached to an aromatic ring is 1. The summed E-state index contributed by atoms with van der Waals surface area (Å²) in [4.78, 5) is 12.5. The standard InChI is InChI=1S/C13H13ClN2O2S/c14-9-3-4-12(11(15)6-9)19-8-13(17)16-7-10-2-1-5-18-10/h1-6H,7-8,15H2,(H,16,17). The largest absolute Gasteiger partial charge is 0.467 e. The average Bonchev–Trinajstić information content (AvgIpc) is 2.88. The van der Waals surface area contributed by atoms with E-state index in [4.69, 9.17) is 21.8 Å². The Kier molecular flexibility index (Phi) is 4.76. The summed E-state index contributed by atoms with van der Waals surface area (Å²) in [7, 11) is 0. The summed E-state index contributed by atoms with van der Waals surface area (Å²) in [6.45, 7) is 0.391. The topological polar surface area (TPSA) is 68.3 Å². The van der Waals surface area contributed by atoms with Gasteiger partial charge in [-0.1, -0.05) is 11.6 Å². The maximum absolute atomic E-state index is 11.6. The molecule has 100 valence electrons. The van der Waals surface area contributed by atoms with E-state index in [0.29, 0.717) is 23.0 Å². The molecule has 1 aromatic heterocycles. The Balaban J connectivity index is 1.80. The van der Waals surface area contributed by atoms with E-state index in [-0.39, 0.29) is 5.91 Å². The minimum Gasteiger partial charge on any atom is -0.467 e. The zero-order valence-electron chi connectivity index (χ0n) is 10.1. The van der Waals surface area contributed by atoms with Gasteiger partial charge in [0.1, 0.15) is 5.76 Å². The zero-order valence-corrected chi connectivity index (χ0v) is 11.6. The Morgan fingerprint density at radius 1 is 1.42 bits per heavy atom. The van der Waals surface area contributed by atoms with Gasteiger partial charge < -0.3 is 15.5 Å². The monoisotopic (exact) mass is 296 g/mol. The van der Waals surface area contributed by atoms with Gasteiger partial charge in [-0.15, -0.1) is 11.8 Å². The van der Waals surface area contributed by atoms with Crippen LogP contribution in [0.3, 0.4) is 0 Å². The third-order valence-electron chi connectivity index (χ3n) is 2.37. The van der Waals surface area contributed by atoms with Gasteiger partial charge in [0, 0.05) is 15.6 Å². The first kappa shape index (κ1) is 13.8. The fourth-order valence-electron chi connectivity index (χ4n) is 1.44. The normalized spacial score (nSPS) is 10.4. The molecule has 0 radical (unpaired) electrons. The highest BCUT2D eigenvalue weighted by Gasteiger charge is 2.06. The zero-order chi connectivity index (χ0) is 13.7. The second-order valence-corrected chi connectivity index (χ2v) is 5.28. The average molecular weight is 297 g/mol. The number of halogens is 1. The number of carbonyl (C=O) groups excluding carboxylic acids is 1. The lowest BCUT2D eigenvalue weighted by molar-refractivity contribution is -0.118. The maximum Gasteiger partial charge on any atom is 0.230 e. The molecule has 2 rings (SSSR count). The van der Waals surface area contributed by atoms with E-state index >= 15 is 0 Å². The van der Waals surface area contributed by atoms with Gasteiger partial charge in [-0.25, -0.2) is 0 Å². The fourth-order valence-corrected chi connectivity index (χ4v) is 2.40. The summed E-state index contributed by atoms with van der Waals surface area (Å²) in [5.41, 5.74) is 6.39. The van der Waals surface area contributed by atoms with Crippen LogP contribution >= 0.6 is 23.4 Å².